The number of hydrogen-bond acceptors (Lipinski definition) is 4. The van der Waals surface area contributed by atoms with Crippen molar-refractivity contribution in [2.75, 3.05) is 5.75 Å². The third-order valence-electron chi connectivity index (χ3n) is 2.69. The lowest BCUT2D eigenvalue weighted by atomic mass is 10.0. The van der Waals surface area contributed by atoms with E-state index in [1.807, 2.05) is 11.8 Å². The van der Waals surface area contributed by atoms with Gasteiger partial charge in [0.1, 0.15) is 5.78 Å². The summed E-state index contributed by atoms with van der Waals surface area (Å²) in [5.74, 6) is 1.27. The van der Waals surface area contributed by atoms with E-state index in [-0.39, 0.29) is 17.9 Å². The Morgan fingerprint density at radius 3 is 2.64 bits per heavy atom. The summed E-state index contributed by atoms with van der Waals surface area (Å²) in [6.07, 6.45) is 3.90. The van der Waals surface area contributed by atoms with Gasteiger partial charge < -0.3 is 16.3 Å². The molecule has 1 rings (SSSR count). The summed E-state index contributed by atoms with van der Waals surface area (Å²) in [4.78, 5) is 10.7. The van der Waals surface area contributed by atoms with Crippen LogP contribution in [0.3, 0.4) is 0 Å². The quantitative estimate of drug-likeness (QED) is 0.670. The Morgan fingerprint density at radius 1 is 1.43 bits per heavy atom. The fraction of sp³-hybridized carbons (Fsp3) is 0.900. The standard InChI is InChI=1S/C10H20N2OS/c1-7(13)4-2-3-5-9-10(12)8(11)6-14-9/h8-10H,2-6,11-12H2,1H3/t8-,9-,10-/m0/s1. The first-order chi connectivity index (χ1) is 6.61. The lowest BCUT2D eigenvalue weighted by Gasteiger charge is -2.16. The van der Waals surface area contributed by atoms with Crippen LogP contribution < -0.4 is 11.5 Å². The van der Waals surface area contributed by atoms with Crippen molar-refractivity contribution in [3.05, 3.63) is 0 Å². The van der Waals surface area contributed by atoms with Gasteiger partial charge in [-0.25, -0.2) is 0 Å². The Balaban J connectivity index is 2.10. The van der Waals surface area contributed by atoms with Crippen LogP contribution in [0.15, 0.2) is 0 Å². The highest BCUT2D eigenvalue weighted by molar-refractivity contribution is 8.00. The normalized spacial score (nSPS) is 32.1. The zero-order chi connectivity index (χ0) is 10.6. The number of nitrogens with two attached hydrogens (primary N) is 2. The van der Waals surface area contributed by atoms with Gasteiger partial charge in [-0.15, -0.1) is 0 Å². The summed E-state index contributed by atoms with van der Waals surface area (Å²) >= 11 is 1.88. The maximum atomic E-state index is 10.7. The van der Waals surface area contributed by atoms with Crippen molar-refractivity contribution in [3.8, 4) is 0 Å². The van der Waals surface area contributed by atoms with Crippen LogP contribution in [0.5, 0.6) is 0 Å². The lowest BCUT2D eigenvalue weighted by Crippen LogP contribution is -2.43. The molecule has 0 amide bonds. The van der Waals surface area contributed by atoms with Crippen molar-refractivity contribution >= 4 is 17.5 Å². The maximum Gasteiger partial charge on any atom is 0.129 e. The number of carbonyl (C=O) groups excluding carboxylic acids is 1. The second kappa shape index (κ2) is 5.73. The van der Waals surface area contributed by atoms with Gasteiger partial charge in [-0.3, -0.25) is 0 Å². The molecule has 0 radical (unpaired) electrons. The number of carbonyl (C=O) groups is 1. The molecule has 4 heteroatoms. The molecule has 0 bridgehead atoms. The lowest BCUT2D eigenvalue weighted by molar-refractivity contribution is -0.117. The number of unbranched alkanes of at least 4 members (excludes halogenated alkanes) is 1. The molecule has 0 aliphatic carbocycles. The zero-order valence-electron chi connectivity index (χ0n) is 8.74. The number of thioether (sulfide) groups is 1. The van der Waals surface area contributed by atoms with E-state index in [0.29, 0.717) is 11.7 Å². The van der Waals surface area contributed by atoms with Crippen molar-refractivity contribution in [3.63, 3.8) is 0 Å². The fourth-order valence-corrected chi connectivity index (χ4v) is 3.18. The number of hydrogen-bond donors (Lipinski definition) is 2. The molecular weight excluding hydrogens is 196 g/mol. The smallest absolute Gasteiger partial charge is 0.129 e. The number of Topliss-reactive ketones (excluding diaryl/α,β-unsaturated/α-hetero) is 1. The van der Waals surface area contributed by atoms with Gasteiger partial charge in [0.15, 0.2) is 0 Å². The third-order valence-corrected chi connectivity index (χ3v) is 4.25. The molecule has 1 aliphatic heterocycles. The molecule has 82 valence electrons. The van der Waals surface area contributed by atoms with E-state index in [4.69, 9.17) is 11.5 Å². The highest BCUT2D eigenvalue weighted by atomic mass is 32.2. The van der Waals surface area contributed by atoms with Crippen LogP contribution in [-0.4, -0.2) is 28.9 Å². The third kappa shape index (κ3) is 3.59. The molecule has 0 unspecified atom stereocenters. The Morgan fingerprint density at radius 2 is 2.14 bits per heavy atom. The monoisotopic (exact) mass is 216 g/mol. The van der Waals surface area contributed by atoms with Crippen LogP contribution in [-0.2, 0) is 4.79 Å². The number of ketones is 1. The van der Waals surface area contributed by atoms with E-state index < -0.39 is 0 Å². The zero-order valence-corrected chi connectivity index (χ0v) is 9.56. The average Bonchev–Trinajstić information content (AvgIpc) is 2.43. The van der Waals surface area contributed by atoms with Gasteiger partial charge in [-0.2, -0.15) is 11.8 Å². The van der Waals surface area contributed by atoms with Gasteiger partial charge in [0.05, 0.1) is 0 Å². The molecule has 3 atom stereocenters. The minimum absolute atomic E-state index is 0.150. The first-order valence-corrected chi connectivity index (χ1v) is 6.28. The van der Waals surface area contributed by atoms with Crippen molar-refractivity contribution in [2.45, 2.75) is 49.9 Å². The minimum Gasteiger partial charge on any atom is -0.326 e. The fourth-order valence-electron chi connectivity index (χ4n) is 1.73. The molecule has 14 heavy (non-hydrogen) atoms. The van der Waals surface area contributed by atoms with E-state index in [1.165, 1.54) is 0 Å². The second-order valence-corrected chi connectivity index (χ2v) is 5.33. The second-order valence-electron chi connectivity index (χ2n) is 4.06. The molecule has 1 heterocycles. The van der Waals surface area contributed by atoms with Gasteiger partial charge in [-0.1, -0.05) is 6.42 Å². The van der Waals surface area contributed by atoms with Crippen LogP contribution in [0, 0.1) is 0 Å². The molecular formula is C10H20N2OS. The Bertz CT molecular complexity index is 199. The van der Waals surface area contributed by atoms with Crippen LogP contribution >= 0.6 is 11.8 Å². The van der Waals surface area contributed by atoms with E-state index in [2.05, 4.69) is 0 Å². The Labute approximate surface area is 90.0 Å². The van der Waals surface area contributed by atoms with E-state index in [0.717, 1.165) is 25.0 Å². The predicted octanol–water partition coefficient (Wildman–Crippen LogP) is 0.906. The van der Waals surface area contributed by atoms with Crippen LogP contribution in [0.4, 0.5) is 0 Å². The summed E-state index contributed by atoms with van der Waals surface area (Å²) in [6.45, 7) is 1.64. The first kappa shape index (κ1) is 12.0. The van der Waals surface area contributed by atoms with Gasteiger partial charge in [-0.05, 0) is 19.8 Å². The van der Waals surface area contributed by atoms with Gasteiger partial charge >= 0.3 is 0 Å². The van der Waals surface area contributed by atoms with Crippen LogP contribution in [0.2, 0.25) is 0 Å². The summed E-state index contributed by atoms with van der Waals surface area (Å²) in [5.41, 5.74) is 11.8. The van der Waals surface area contributed by atoms with Crippen molar-refractivity contribution in [1.82, 2.24) is 0 Å². The minimum atomic E-state index is 0.150. The highest BCUT2D eigenvalue weighted by Crippen LogP contribution is 2.28. The van der Waals surface area contributed by atoms with E-state index in [1.54, 1.807) is 6.92 Å². The van der Waals surface area contributed by atoms with E-state index in [9.17, 15) is 4.79 Å². The summed E-state index contributed by atoms with van der Waals surface area (Å²) < 4.78 is 0. The molecule has 0 aromatic rings. The molecule has 4 N–H and O–H groups in total. The van der Waals surface area contributed by atoms with E-state index >= 15 is 0 Å². The first-order valence-electron chi connectivity index (χ1n) is 5.23. The molecule has 1 aliphatic rings. The molecule has 1 saturated heterocycles. The highest BCUT2D eigenvalue weighted by Gasteiger charge is 2.30. The van der Waals surface area contributed by atoms with Crippen molar-refractivity contribution < 1.29 is 4.79 Å². The molecule has 1 fully saturated rings. The molecule has 3 nitrogen and oxygen atoms in total. The van der Waals surface area contributed by atoms with Crippen molar-refractivity contribution in [2.24, 2.45) is 11.5 Å². The summed E-state index contributed by atoms with van der Waals surface area (Å²) in [6, 6.07) is 0.315. The summed E-state index contributed by atoms with van der Waals surface area (Å²) in [7, 11) is 0. The van der Waals surface area contributed by atoms with Crippen LogP contribution in [0.1, 0.15) is 32.6 Å². The molecule has 0 aromatic heterocycles. The molecule has 0 spiro atoms. The Kier molecular flexibility index (Phi) is 4.92. The number of rotatable bonds is 5. The average molecular weight is 216 g/mol. The van der Waals surface area contributed by atoms with Gasteiger partial charge in [0, 0.05) is 29.5 Å². The Hall–Kier alpha value is -0.0600. The largest absolute Gasteiger partial charge is 0.326 e. The predicted molar refractivity (Wildman–Crippen MR) is 61.3 cm³/mol. The van der Waals surface area contributed by atoms with Crippen molar-refractivity contribution in [1.29, 1.82) is 0 Å². The summed E-state index contributed by atoms with van der Waals surface area (Å²) in [5, 5.41) is 0.511. The SMILES string of the molecule is CC(=O)CCCC[C@@H]1SC[C@H](N)[C@@H]1N. The molecule has 0 aromatic carbocycles. The molecule has 0 saturated carbocycles. The topological polar surface area (TPSA) is 69.1 Å². The van der Waals surface area contributed by atoms with Gasteiger partial charge in [0.2, 0.25) is 0 Å². The maximum absolute atomic E-state index is 10.7. The van der Waals surface area contributed by atoms with Gasteiger partial charge in [0.25, 0.3) is 0 Å². The van der Waals surface area contributed by atoms with Crippen LogP contribution in [0.25, 0.3) is 0 Å².